The van der Waals surface area contributed by atoms with Crippen molar-refractivity contribution in [2.75, 3.05) is 0 Å². The summed E-state index contributed by atoms with van der Waals surface area (Å²) in [6, 6.07) is 11.5. The Morgan fingerprint density at radius 3 is 2.48 bits per heavy atom. The first-order valence-corrected chi connectivity index (χ1v) is 6.20. The number of halogens is 3. The van der Waals surface area contributed by atoms with Gasteiger partial charge in [0.25, 0.3) is 0 Å². The summed E-state index contributed by atoms with van der Waals surface area (Å²) >= 11 is 0. The Kier molecular flexibility index (Phi) is 3.05. The van der Waals surface area contributed by atoms with Crippen LogP contribution in [0.1, 0.15) is 5.56 Å². The summed E-state index contributed by atoms with van der Waals surface area (Å²) in [6.45, 7) is 0. The van der Waals surface area contributed by atoms with E-state index in [9.17, 15) is 18.3 Å². The molecular formula is C16H10F3NO. The lowest BCUT2D eigenvalue weighted by Gasteiger charge is -2.09. The van der Waals surface area contributed by atoms with E-state index in [2.05, 4.69) is 4.98 Å². The van der Waals surface area contributed by atoms with E-state index in [1.54, 1.807) is 18.2 Å². The van der Waals surface area contributed by atoms with Crippen molar-refractivity contribution in [3.05, 3.63) is 60.3 Å². The zero-order chi connectivity index (χ0) is 15.0. The quantitative estimate of drug-likeness (QED) is 0.708. The Balaban J connectivity index is 2.12. The summed E-state index contributed by atoms with van der Waals surface area (Å²) in [5.41, 5.74) is 0.973. The number of alkyl halides is 3. The van der Waals surface area contributed by atoms with Gasteiger partial charge in [0.1, 0.15) is 5.75 Å². The fraction of sp³-hybridized carbons (Fsp3) is 0.0625. The van der Waals surface area contributed by atoms with Crippen LogP contribution in [0.15, 0.2) is 54.7 Å². The molecule has 1 heterocycles. The van der Waals surface area contributed by atoms with E-state index in [0.717, 1.165) is 12.1 Å². The maximum atomic E-state index is 12.7. The van der Waals surface area contributed by atoms with Crippen molar-refractivity contribution in [2.45, 2.75) is 6.18 Å². The maximum Gasteiger partial charge on any atom is 0.416 e. The van der Waals surface area contributed by atoms with Crippen LogP contribution in [0, 0.1) is 0 Å². The molecule has 0 aliphatic rings. The highest BCUT2D eigenvalue weighted by Gasteiger charge is 2.30. The number of fused-ring (bicyclic) bond motifs is 1. The molecule has 0 bridgehead atoms. The molecule has 3 aromatic rings. The number of rotatable bonds is 1. The monoisotopic (exact) mass is 289 g/mol. The third kappa shape index (κ3) is 2.67. The van der Waals surface area contributed by atoms with Gasteiger partial charge in [-0.1, -0.05) is 12.1 Å². The molecule has 0 amide bonds. The number of nitrogens with zero attached hydrogens (tertiary/aromatic N) is 1. The van der Waals surface area contributed by atoms with Gasteiger partial charge in [0.05, 0.1) is 11.1 Å². The van der Waals surface area contributed by atoms with Gasteiger partial charge in [-0.15, -0.1) is 0 Å². The molecule has 2 aromatic carbocycles. The first-order chi connectivity index (χ1) is 9.93. The van der Waals surface area contributed by atoms with Crippen LogP contribution in [0.4, 0.5) is 13.2 Å². The second-order valence-corrected chi connectivity index (χ2v) is 4.68. The molecule has 2 nitrogen and oxygen atoms in total. The number of benzene rings is 2. The van der Waals surface area contributed by atoms with E-state index in [0.29, 0.717) is 22.0 Å². The Morgan fingerprint density at radius 1 is 0.905 bits per heavy atom. The number of aromatic hydroxyl groups is 1. The van der Waals surface area contributed by atoms with Crippen LogP contribution in [0.25, 0.3) is 22.0 Å². The number of hydrogen-bond acceptors (Lipinski definition) is 2. The second-order valence-electron chi connectivity index (χ2n) is 4.68. The van der Waals surface area contributed by atoms with Gasteiger partial charge in [-0.3, -0.25) is 4.98 Å². The lowest BCUT2D eigenvalue weighted by Crippen LogP contribution is -2.04. The average Bonchev–Trinajstić information content (AvgIpc) is 2.45. The first-order valence-electron chi connectivity index (χ1n) is 6.20. The molecule has 5 heteroatoms. The van der Waals surface area contributed by atoms with Gasteiger partial charge in [-0.25, -0.2) is 0 Å². The third-order valence-electron chi connectivity index (χ3n) is 3.19. The fourth-order valence-corrected chi connectivity index (χ4v) is 2.15. The van der Waals surface area contributed by atoms with Crippen molar-refractivity contribution in [3.8, 4) is 16.9 Å². The topological polar surface area (TPSA) is 33.1 Å². The van der Waals surface area contributed by atoms with Crippen LogP contribution in [0.3, 0.4) is 0 Å². The van der Waals surface area contributed by atoms with Gasteiger partial charge < -0.3 is 5.11 Å². The zero-order valence-corrected chi connectivity index (χ0v) is 10.7. The van der Waals surface area contributed by atoms with Gasteiger partial charge >= 0.3 is 6.18 Å². The van der Waals surface area contributed by atoms with Gasteiger partial charge in [-0.05, 0) is 42.0 Å². The van der Waals surface area contributed by atoms with Crippen molar-refractivity contribution in [2.24, 2.45) is 0 Å². The average molecular weight is 289 g/mol. The third-order valence-corrected chi connectivity index (χ3v) is 3.19. The molecule has 0 atom stereocenters. The van der Waals surface area contributed by atoms with Crippen molar-refractivity contribution in [1.82, 2.24) is 4.98 Å². The molecule has 0 saturated heterocycles. The highest BCUT2D eigenvalue weighted by molar-refractivity contribution is 5.84. The molecule has 0 aliphatic carbocycles. The SMILES string of the molecule is Oc1ccc2ncc(-c3cccc(C(F)(F)F)c3)cc2c1. The molecule has 0 aliphatic heterocycles. The molecule has 1 aromatic heterocycles. The fourth-order valence-electron chi connectivity index (χ4n) is 2.15. The normalized spacial score (nSPS) is 11.8. The minimum absolute atomic E-state index is 0.0884. The van der Waals surface area contributed by atoms with Crippen LogP contribution >= 0.6 is 0 Å². The van der Waals surface area contributed by atoms with Gasteiger partial charge in [0, 0.05) is 17.1 Å². The number of pyridine rings is 1. The van der Waals surface area contributed by atoms with E-state index in [-0.39, 0.29) is 5.75 Å². The Morgan fingerprint density at radius 2 is 1.71 bits per heavy atom. The van der Waals surface area contributed by atoms with Crippen LogP contribution in [-0.4, -0.2) is 10.1 Å². The molecule has 1 N–H and O–H groups in total. The number of aromatic nitrogens is 1. The van der Waals surface area contributed by atoms with E-state index >= 15 is 0 Å². The summed E-state index contributed by atoms with van der Waals surface area (Å²) < 4.78 is 38.2. The molecule has 0 radical (unpaired) electrons. The number of hydrogen-bond donors (Lipinski definition) is 1. The molecule has 21 heavy (non-hydrogen) atoms. The van der Waals surface area contributed by atoms with E-state index < -0.39 is 11.7 Å². The molecule has 0 spiro atoms. The first kappa shape index (κ1) is 13.4. The van der Waals surface area contributed by atoms with Crippen LogP contribution < -0.4 is 0 Å². The van der Waals surface area contributed by atoms with Gasteiger partial charge in [0.15, 0.2) is 0 Å². The highest BCUT2D eigenvalue weighted by atomic mass is 19.4. The van der Waals surface area contributed by atoms with Crippen molar-refractivity contribution < 1.29 is 18.3 Å². The predicted molar refractivity (Wildman–Crippen MR) is 73.8 cm³/mol. The highest BCUT2D eigenvalue weighted by Crippen LogP contribution is 2.32. The van der Waals surface area contributed by atoms with Crippen LogP contribution in [-0.2, 0) is 6.18 Å². The van der Waals surface area contributed by atoms with E-state index in [1.807, 2.05) is 0 Å². The summed E-state index contributed by atoms with van der Waals surface area (Å²) in [5, 5.41) is 10.1. The predicted octanol–water partition coefficient (Wildman–Crippen LogP) is 4.63. The summed E-state index contributed by atoms with van der Waals surface area (Å²) in [5.74, 6) is 0.0884. The second kappa shape index (κ2) is 4.77. The minimum atomic E-state index is -4.38. The summed E-state index contributed by atoms with van der Waals surface area (Å²) in [7, 11) is 0. The van der Waals surface area contributed by atoms with Crippen molar-refractivity contribution in [1.29, 1.82) is 0 Å². The molecular weight excluding hydrogens is 279 g/mol. The number of phenolic OH excluding ortho intramolecular Hbond substituents is 1. The van der Waals surface area contributed by atoms with Gasteiger partial charge in [-0.2, -0.15) is 13.2 Å². The Bertz CT molecular complexity index is 812. The molecule has 0 saturated carbocycles. The van der Waals surface area contributed by atoms with E-state index in [1.165, 1.54) is 24.4 Å². The maximum absolute atomic E-state index is 12.7. The summed E-state index contributed by atoms with van der Waals surface area (Å²) in [4.78, 5) is 4.20. The van der Waals surface area contributed by atoms with Crippen LogP contribution in [0.5, 0.6) is 5.75 Å². The lowest BCUT2D eigenvalue weighted by molar-refractivity contribution is -0.137. The largest absolute Gasteiger partial charge is 0.508 e. The van der Waals surface area contributed by atoms with Crippen molar-refractivity contribution in [3.63, 3.8) is 0 Å². The molecule has 0 fully saturated rings. The standard InChI is InChI=1S/C16H10F3NO/c17-16(18,19)13-3-1-2-10(7-13)12-6-11-8-14(21)4-5-15(11)20-9-12/h1-9,21H. The van der Waals surface area contributed by atoms with Crippen molar-refractivity contribution >= 4 is 10.9 Å². The molecule has 106 valence electrons. The van der Waals surface area contributed by atoms with Gasteiger partial charge in [0.2, 0.25) is 0 Å². The molecule has 0 unspecified atom stereocenters. The Hall–Kier alpha value is -2.56. The number of phenols is 1. The zero-order valence-electron chi connectivity index (χ0n) is 10.7. The smallest absolute Gasteiger partial charge is 0.416 e. The van der Waals surface area contributed by atoms with E-state index in [4.69, 9.17) is 0 Å². The van der Waals surface area contributed by atoms with Crippen LogP contribution in [0.2, 0.25) is 0 Å². The lowest BCUT2D eigenvalue weighted by atomic mass is 10.0. The minimum Gasteiger partial charge on any atom is -0.508 e. The molecule has 3 rings (SSSR count). The Labute approximate surface area is 118 Å². The summed E-state index contributed by atoms with van der Waals surface area (Å²) in [6.07, 6.45) is -2.85.